The maximum atomic E-state index is 11.7. The topological polar surface area (TPSA) is 70.2 Å². The Bertz CT molecular complexity index is 702. The van der Waals surface area contributed by atoms with Gasteiger partial charge < -0.3 is 16.0 Å². The number of halogens is 1. The summed E-state index contributed by atoms with van der Waals surface area (Å²) in [7, 11) is 0. The minimum Gasteiger partial charge on any atom is -0.350 e. The van der Waals surface area contributed by atoms with Crippen molar-refractivity contribution < 1.29 is 9.59 Å². The highest BCUT2D eigenvalue weighted by Gasteiger charge is 2.05. The lowest BCUT2D eigenvalue weighted by Gasteiger charge is -2.09. The molecule has 3 N–H and O–H groups in total. The Hall–Kier alpha value is -2.53. The minimum atomic E-state index is -0.381. The van der Waals surface area contributed by atoms with Crippen molar-refractivity contribution in [3.05, 3.63) is 70.2 Å². The highest BCUT2D eigenvalue weighted by molar-refractivity contribution is 6.30. The SMILES string of the molecule is Cc1ccc(CNC(=O)NCC(=O)NCc2cccc(Cl)c2)cc1. The van der Waals surface area contributed by atoms with Gasteiger partial charge in [-0.05, 0) is 30.2 Å². The lowest BCUT2D eigenvalue weighted by Crippen LogP contribution is -2.41. The van der Waals surface area contributed by atoms with E-state index in [2.05, 4.69) is 16.0 Å². The van der Waals surface area contributed by atoms with Crippen molar-refractivity contribution in [1.29, 1.82) is 0 Å². The van der Waals surface area contributed by atoms with Crippen LogP contribution in [0.3, 0.4) is 0 Å². The van der Waals surface area contributed by atoms with Crippen molar-refractivity contribution in [2.75, 3.05) is 6.54 Å². The predicted octanol–water partition coefficient (Wildman–Crippen LogP) is 2.76. The van der Waals surface area contributed by atoms with E-state index >= 15 is 0 Å². The fourth-order valence-corrected chi connectivity index (χ4v) is 2.23. The molecule has 0 bridgehead atoms. The van der Waals surface area contributed by atoms with Gasteiger partial charge in [0.25, 0.3) is 0 Å². The molecule has 0 aliphatic rings. The zero-order valence-electron chi connectivity index (χ0n) is 13.4. The van der Waals surface area contributed by atoms with Crippen molar-refractivity contribution in [3.8, 4) is 0 Å². The molecule has 0 fully saturated rings. The number of nitrogens with one attached hydrogen (secondary N) is 3. The van der Waals surface area contributed by atoms with Crippen LogP contribution in [-0.4, -0.2) is 18.5 Å². The summed E-state index contributed by atoms with van der Waals surface area (Å²) in [6.45, 7) is 2.70. The maximum Gasteiger partial charge on any atom is 0.315 e. The summed E-state index contributed by atoms with van der Waals surface area (Å²) in [5.74, 6) is -0.263. The third-order valence-corrected chi connectivity index (χ3v) is 3.60. The second-order valence-corrected chi connectivity index (χ2v) is 5.86. The zero-order chi connectivity index (χ0) is 17.4. The van der Waals surface area contributed by atoms with Crippen molar-refractivity contribution in [3.63, 3.8) is 0 Å². The fraction of sp³-hybridized carbons (Fsp3) is 0.222. The van der Waals surface area contributed by atoms with Gasteiger partial charge in [0.15, 0.2) is 0 Å². The molecule has 0 aliphatic heterocycles. The molecule has 2 aromatic rings. The van der Waals surface area contributed by atoms with Gasteiger partial charge in [-0.1, -0.05) is 53.6 Å². The normalized spacial score (nSPS) is 10.1. The van der Waals surface area contributed by atoms with Crippen LogP contribution in [0.2, 0.25) is 5.02 Å². The number of carbonyl (C=O) groups excluding carboxylic acids is 2. The van der Waals surface area contributed by atoms with Crippen LogP contribution in [0.25, 0.3) is 0 Å². The molecule has 0 spiro atoms. The first kappa shape index (κ1) is 17.8. The van der Waals surface area contributed by atoms with Crippen LogP contribution >= 0.6 is 11.6 Å². The van der Waals surface area contributed by atoms with Gasteiger partial charge in [0.1, 0.15) is 0 Å². The first-order valence-corrected chi connectivity index (χ1v) is 7.99. The molecule has 3 amide bonds. The van der Waals surface area contributed by atoms with Crippen molar-refractivity contribution in [2.45, 2.75) is 20.0 Å². The van der Waals surface area contributed by atoms with E-state index in [-0.39, 0.29) is 18.5 Å². The van der Waals surface area contributed by atoms with E-state index in [1.165, 1.54) is 5.56 Å². The Morgan fingerprint density at radius 3 is 2.33 bits per heavy atom. The van der Waals surface area contributed by atoms with E-state index in [9.17, 15) is 9.59 Å². The summed E-state index contributed by atoms with van der Waals surface area (Å²) in [6.07, 6.45) is 0. The highest BCUT2D eigenvalue weighted by Crippen LogP contribution is 2.10. The third kappa shape index (κ3) is 6.30. The first-order chi connectivity index (χ1) is 11.5. The number of amides is 3. The Balaban J connectivity index is 1.65. The molecule has 0 saturated carbocycles. The number of carbonyl (C=O) groups is 2. The first-order valence-electron chi connectivity index (χ1n) is 7.61. The van der Waals surface area contributed by atoms with E-state index in [0.717, 1.165) is 11.1 Å². The molecule has 0 saturated heterocycles. The summed E-state index contributed by atoms with van der Waals surface area (Å²) >= 11 is 5.88. The molecule has 126 valence electrons. The van der Waals surface area contributed by atoms with Crippen LogP contribution in [0.1, 0.15) is 16.7 Å². The van der Waals surface area contributed by atoms with Crippen molar-refractivity contribution >= 4 is 23.5 Å². The third-order valence-electron chi connectivity index (χ3n) is 3.36. The van der Waals surface area contributed by atoms with Crippen LogP contribution < -0.4 is 16.0 Å². The van der Waals surface area contributed by atoms with Gasteiger partial charge in [-0.25, -0.2) is 4.79 Å². The van der Waals surface area contributed by atoms with E-state index in [4.69, 9.17) is 11.6 Å². The largest absolute Gasteiger partial charge is 0.350 e. The van der Waals surface area contributed by atoms with Crippen molar-refractivity contribution in [2.24, 2.45) is 0 Å². The molecule has 0 aromatic heterocycles. The molecule has 5 nitrogen and oxygen atoms in total. The van der Waals surface area contributed by atoms with Gasteiger partial charge in [-0.3, -0.25) is 4.79 Å². The Morgan fingerprint density at radius 2 is 1.62 bits per heavy atom. The summed E-state index contributed by atoms with van der Waals surface area (Å²) in [5.41, 5.74) is 3.07. The summed E-state index contributed by atoms with van der Waals surface area (Å²) in [4.78, 5) is 23.4. The standard InChI is InChI=1S/C18H20ClN3O2/c1-13-5-7-14(8-6-13)10-21-18(24)22-12-17(23)20-11-15-3-2-4-16(19)9-15/h2-9H,10-12H2,1H3,(H,20,23)(H2,21,22,24). The average Bonchev–Trinajstić information content (AvgIpc) is 2.57. The number of rotatable bonds is 6. The predicted molar refractivity (Wildman–Crippen MR) is 94.7 cm³/mol. The van der Waals surface area contributed by atoms with E-state index in [1.54, 1.807) is 12.1 Å². The number of benzene rings is 2. The summed E-state index contributed by atoms with van der Waals surface area (Å²) < 4.78 is 0. The molecule has 0 atom stereocenters. The van der Waals surface area contributed by atoms with Gasteiger partial charge in [0.05, 0.1) is 6.54 Å². The van der Waals surface area contributed by atoms with Crippen LogP contribution in [0, 0.1) is 6.92 Å². The molecule has 0 aliphatic carbocycles. The number of hydrogen-bond acceptors (Lipinski definition) is 2. The van der Waals surface area contributed by atoms with Crippen molar-refractivity contribution in [1.82, 2.24) is 16.0 Å². The van der Waals surface area contributed by atoms with Crippen LogP contribution in [0.5, 0.6) is 0 Å². The molecular weight excluding hydrogens is 326 g/mol. The molecule has 0 unspecified atom stereocenters. The summed E-state index contributed by atoms with van der Waals surface area (Å²) in [6, 6.07) is 14.7. The molecule has 0 radical (unpaired) electrons. The van der Waals surface area contributed by atoms with Crippen LogP contribution in [0.15, 0.2) is 48.5 Å². The van der Waals surface area contributed by atoms with E-state index in [0.29, 0.717) is 18.1 Å². The number of hydrogen-bond donors (Lipinski definition) is 3. The second kappa shape index (κ2) is 8.93. The van der Waals surface area contributed by atoms with Gasteiger partial charge >= 0.3 is 6.03 Å². The lowest BCUT2D eigenvalue weighted by atomic mass is 10.1. The van der Waals surface area contributed by atoms with Crippen LogP contribution in [-0.2, 0) is 17.9 Å². The molecule has 0 heterocycles. The van der Waals surface area contributed by atoms with Gasteiger partial charge in [0.2, 0.25) is 5.91 Å². The molecule has 24 heavy (non-hydrogen) atoms. The van der Waals surface area contributed by atoms with Gasteiger partial charge in [0, 0.05) is 18.1 Å². The molecule has 2 rings (SSSR count). The monoisotopic (exact) mass is 345 g/mol. The Morgan fingerprint density at radius 1 is 0.917 bits per heavy atom. The van der Waals surface area contributed by atoms with Gasteiger partial charge in [-0.2, -0.15) is 0 Å². The van der Waals surface area contributed by atoms with E-state index < -0.39 is 0 Å². The van der Waals surface area contributed by atoms with E-state index in [1.807, 2.05) is 43.3 Å². The fourth-order valence-electron chi connectivity index (χ4n) is 2.02. The lowest BCUT2D eigenvalue weighted by molar-refractivity contribution is -0.120. The minimum absolute atomic E-state index is 0.0830. The van der Waals surface area contributed by atoms with Gasteiger partial charge in [-0.15, -0.1) is 0 Å². The smallest absolute Gasteiger partial charge is 0.315 e. The molecule has 6 heteroatoms. The Kier molecular flexibility index (Phi) is 6.63. The summed E-state index contributed by atoms with van der Waals surface area (Å²) in [5, 5.41) is 8.57. The second-order valence-electron chi connectivity index (χ2n) is 5.43. The highest BCUT2D eigenvalue weighted by atomic mass is 35.5. The quantitative estimate of drug-likeness (QED) is 0.753. The average molecular weight is 346 g/mol. The molecular formula is C18H20ClN3O2. The zero-order valence-corrected chi connectivity index (χ0v) is 14.2. The maximum absolute atomic E-state index is 11.7. The van der Waals surface area contributed by atoms with Crippen LogP contribution in [0.4, 0.5) is 4.79 Å². The molecule has 2 aromatic carbocycles. The number of aryl methyl sites for hydroxylation is 1. The number of urea groups is 1. The Labute approximate surface area is 146 Å².